The van der Waals surface area contributed by atoms with Gasteiger partial charge in [0.15, 0.2) is 11.6 Å². The molecule has 37 heavy (non-hydrogen) atoms. The monoisotopic (exact) mass is 566 g/mol. The van der Waals surface area contributed by atoms with Crippen molar-refractivity contribution in [3.8, 4) is 5.75 Å². The highest BCUT2D eigenvalue weighted by Crippen LogP contribution is 2.43. The second-order valence-corrected chi connectivity index (χ2v) is 10.8. The summed E-state index contributed by atoms with van der Waals surface area (Å²) in [7, 11) is -2.02. The fourth-order valence-electron chi connectivity index (χ4n) is 4.35. The predicted octanol–water partition coefficient (Wildman–Crippen LogP) is 5.68. The van der Waals surface area contributed by atoms with Crippen molar-refractivity contribution < 1.29 is 40.9 Å². The summed E-state index contributed by atoms with van der Waals surface area (Å²) < 4.78 is 85.3. The Morgan fingerprint density at radius 1 is 1.16 bits per heavy atom. The van der Waals surface area contributed by atoms with Crippen LogP contribution in [0.4, 0.5) is 22.0 Å². The minimum atomic E-state index is -4.70. The fourth-order valence-corrected chi connectivity index (χ4v) is 4.89. The van der Waals surface area contributed by atoms with Gasteiger partial charge in [-0.15, -0.1) is 4.47 Å². The molecule has 0 radical (unpaired) electrons. The third-order valence-electron chi connectivity index (χ3n) is 6.44. The maximum Gasteiger partial charge on any atom is 0.416 e. The Balaban J connectivity index is 1.44. The van der Waals surface area contributed by atoms with Gasteiger partial charge in [-0.1, -0.05) is 11.6 Å². The van der Waals surface area contributed by atoms with Crippen molar-refractivity contribution in [2.24, 2.45) is 0 Å². The van der Waals surface area contributed by atoms with Gasteiger partial charge in [0.1, 0.15) is 22.9 Å². The summed E-state index contributed by atoms with van der Waals surface area (Å²) in [6.45, 7) is 1.28. The van der Waals surface area contributed by atoms with Gasteiger partial charge < -0.3 is 4.74 Å². The lowest BCUT2D eigenvalue weighted by atomic mass is 9.97. The molecule has 1 unspecified atom stereocenters. The van der Waals surface area contributed by atoms with Crippen LogP contribution in [-0.4, -0.2) is 50.1 Å². The van der Waals surface area contributed by atoms with Crippen molar-refractivity contribution >= 4 is 28.5 Å². The van der Waals surface area contributed by atoms with Gasteiger partial charge in [0, 0.05) is 25.9 Å². The summed E-state index contributed by atoms with van der Waals surface area (Å²) in [6.07, 6.45) is -1.60. The van der Waals surface area contributed by atoms with E-state index < -0.39 is 57.1 Å². The molecule has 202 valence electrons. The summed E-state index contributed by atoms with van der Waals surface area (Å²) in [5.74, 6) is -3.39. The average molecular weight is 567 g/mol. The number of hydrogen-bond acceptors (Lipinski definition) is 5. The van der Waals surface area contributed by atoms with E-state index in [9.17, 15) is 36.2 Å². The van der Waals surface area contributed by atoms with E-state index in [4.69, 9.17) is 16.3 Å². The van der Waals surface area contributed by atoms with Crippen LogP contribution in [0.3, 0.4) is 0 Å². The number of benzene rings is 2. The highest BCUT2D eigenvalue weighted by Gasteiger charge is 2.34. The molecule has 0 spiro atoms. The maximum absolute atomic E-state index is 14.8. The number of hydroxylamine groups is 1. The number of carbonyl (C=O) groups excluding carboxylic acids is 1. The van der Waals surface area contributed by atoms with Crippen LogP contribution in [0.5, 0.6) is 5.75 Å². The lowest BCUT2D eigenvalue weighted by Crippen LogP contribution is -2.38. The number of ether oxygens (including phenoxy) is 1. The van der Waals surface area contributed by atoms with E-state index >= 15 is 0 Å². The minimum absolute atomic E-state index is 0.0139. The summed E-state index contributed by atoms with van der Waals surface area (Å²) in [6, 6.07) is 3.76. The van der Waals surface area contributed by atoms with Gasteiger partial charge in [0.05, 0.1) is 16.1 Å². The number of rotatable bonds is 7. The molecule has 2 aromatic rings. The molecule has 1 aliphatic heterocycles. The van der Waals surface area contributed by atoms with Crippen molar-refractivity contribution in [3.63, 3.8) is 0 Å². The second kappa shape index (κ2) is 10.8. The number of carbonyl (C=O) groups is 1. The van der Waals surface area contributed by atoms with Gasteiger partial charge >= 0.3 is 6.18 Å². The van der Waals surface area contributed by atoms with E-state index in [-0.39, 0.29) is 15.9 Å². The number of amides is 1. The van der Waals surface area contributed by atoms with Crippen molar-refractivity contribution in [1.29, 1.82) is 0 Å². The quantitative estimate of drug-likeness (QED) is 0.265. The average Bonchev–Trinajstić information content (AvgIpc) is 3.67. The van der Waals surface area contributed by atoms with E-state index in [2.05, 4.69) is 0 Å². The van der Waals surface area contributed by atoms with Gasteiger partial charge in [0.2, 0.25) is 0 Å². The number of piperidine rings is 1. The normalized spacial score (nSPS) is 18.1. The molecule has 2 aromatic carbocycles. The minimum Gasteiger partial charge on any atom is -0.487 e. The number of nitrogens with zero attached hydrogens (tertiary/aromatic N) is 2. The molecule has 1 amide bonds. The van der Waals surface area contributed by atoms with Crippen molar-refractivity contribution in [3.05, 3.63) is 63.2 Å². The van der Waals surface area contributed by atoms with Crippen LogP contribution in [0.15, 0.2) is 24.3 Å². The maximum atomic E-state index is 14.8. The number of halogens is 6. The summed E-state index contributed by atoms with van der Waals surface area (Å²) in [5.41, 5.74) is -0.0116. The van der Waals surface area contributed by atoms with Gasteiger partial charge in [0.25, 0.3) is 5.91 Å². The first-order valence-electron chi connectivity index (χ1n) is 11.5. The van der Waals surface area contributed by atoms with Crippen LogP contribution in [0.25, 0.3) is 0 Å². The largest absolute Gasteiger partial charge is 0.487 e. The molecule has 4 rings (SSSR count). The Hall–Kier alpha value is -2.28. The van der Waals surface area contributed by atoms with E-state index in [0.29, 0.717) is 50.2 Å². The zero-order chi connectivity index (χ0) is 27.1. The van der Waals surface area contributed by atoms with Gasteiger partial charge in [-0.25, -0.2) is 13.0 Å². The van der Waals surface area contributed by atoms with Crippen molar-refractivity contribution in [2.75, 3.05) is 19.3 Å². The Morgan fingerprint density at radius 3 is 2.38 bits per heavy atom. The van der Waals surface area contributed by atoms with Gasteiger partial charge in [-0.3, -0.25) is 14.9 Å². The number of likely N-dealkylation sites (tertiary alicyclic amines) is 1. The zero-order valence-electron chi connectivity index (χ0n) is 19.7. The number of alkyl halides is 3. The third kappa shape index (κ3) is 6.42. The lowest BCUT2D eigenvalue weighted by molar-refractivity contribution is -0.137. The standard InChI is InChI=1S/C24H24ClF5N2O4S/c1-37(35)32(34)23(33)18-11-17(13-2-3-13)14(8-20(18)26)12-31-6-4-16(5-7-31)36-21-10-15(24(28,29)30)9-19(25)22(21)27/h8-11,13,16,34H,2-7,12H2,1H3. The molecule has 2 fully saturated rings. The molecule has 1 N–H and O–H groups in total. The molecule has 6 nitrogen and oxygen atoms in total. The van der Waals surface area contributed by atoms with Crippen LogP contribution in [0.1, 0.15) is 58.6 Å². The van der Waals surface area contributed by atoms with Crippen LogP contribution >= 0.6 is 11.6 Å². The molecule has 1 saturated heterocycles. The molecule has 1 atom stereocenters. The summed E-state index contributed by atoms with van der Waals surface area (Å²) in [5, 5.41) is 9.00. The predicted molar refractivity (Wildman–Crippen MR) is 126 cm³/mol. The molecular weight excluding hydrogens is 543 g/mol. The summed E-state index contributed by atoms with van der Waals surface area (Å²) >= 11 is 5.63. The van der Waals surface area contributed by atoms with Crippen LogP contribution < -0.4 is 4.74 Å². The molecule has 0 aromatic heterocycles. The topological polar surface area (TPSA) is 70.1 Å². The molecule has 13 heteroatoms. The fraction of sp³-hybridized carbons (Fsp3) is 0.458. The van der Waals surface area contributed by atoms with Crippen molar-refractivity contribution in [2.45, 2.75) is 50.4 Å². The first-order chi connectivity index (χ1) is 17.3. The van der Waals surface area contributed by atoms with Crippen LogP contribution in [-0.2, 0) is 23.7 Å². The van der Waals surface area contributed by atoms with Crippen LogP contribution in [0.2, 0.25) is 5.02 Å². The van der Waals surface area contributed by atoms with Crippen LogP contribution in [0, 0.1) is 11.6 Å². The SMILES string of the molecule is CS(=O)N(O)C(=O)c1cc(C2CC2)c(CN2CCC(Oc3cc(C(F)(F)F)cc(Cl)c3F)CC2)cc1F. The Kier molecular flexibility index (Phi) is 8.13. The van der Waals surface area contributed by atoms with Gasteiger partial charge in [-0.05, 0) is 67.0 Å². The Labute approximate surface area is 217 Å². The van der Waals surface area contributed by atoms with E-state index in [1.165, 1.54) is 12.1 Å². The highest BCUT2D eigenvalue weighted by atomic mass is 35.5. The van der Waals surface area contributed by atoms with E-state index in [0.717, 1.165) is 24.7 Å². The Bertz CT molecular complexity index is 1220. The number of hydrogen-bond donors (Lipinski definition) is 1. The van der Waals surface area contributed by atoms with Gasteiger partial charge in [-0.2, -0.15) is 13.2 Å². The summed E-state index contributed by atoms with van der Waals surface area (Å²) in [4.78, 5) is 14.3. The molecular formula is C24H24ClF5N2O4S. The lowest BCUT2D eigenvalue weighted by Gasteiger charge is -2.33. The zero-order valence-corrected chi connectivity index (χ0v) is 21.2. The molecule has 0 bridgehead atoms. The van der Waals surface area contributed by atoms with Crippen molar-refractivity contribution in [1.82, 2.24) is 9.37 Å². The second-order valence-electron chi connectivity index (χ2n) is 9.17. The molecule has 1 aliphatic carbocycles. The molecule has 1 heterocycles. The highest BCUT2D eigenvalue weighted by molar-refractivity contribution is 7.82. The Morgan fingerprint density at radius 2 is 1.81 bits per heavy atom. The molecule has 1 saturated carbocycles. The van der Waals surface area contributed by atoms with E-state index in [1.54, 1.807) is 0 Å². The van der Waals surface area contributed by atoms with E-state index in [1.807, 2.05) is 4.90 Å². The molecule has 2 aliphatic rings. The first-order valence-corrected chi connectivity index (χ1v) is 13.4. The smallest absolute Gasteiger partial charge is 0.416 e. The third-order valence-corrected chi connectivity index (χ3v) is 7.37. The first kappa shape index (κ1) is 27.7.